The number of likely N-dealkylation sites (tertiary alicyclic amines) is 1. The lowest BCUT2D eigenvalue weighted by Gasteiger charge is -2.43. The van der Waals surface area contributed by atoms with Gasteiger partial charge in [0.05, 0.1) is 12.1 Å². The minimum absolute atomic E-state index is 0.00953. The molecule has 0 atom stereocenters. The number of carboxylic acid groups (broad SMARTS) is 1. The summed E-state index contributed by atoms with van der Waals surface area (Å²) in [6.45, 7) is 4.07. The van der Waals surface area contributed by atoms with Gasteiger partial charge in [0, 0.05) is 62.8 Å². The van der Waals surface area contributed by atoms with E-state index in [0.29, 0.717) is 31.5 Å². The summed E-state index contributed by atoms with van der Waals surface area (Å²) in [6.07, 6.45) is -3.20. The van der Waals surface area contributed by atoms with Crippen LogP contribution in [0.1, 0.15) is 24.0 Å². The minimum atomic E-state index is -4.49. The summed E-state index contributed by atoms with van der Waals surface area (Å²) < 4.78 is 39.9. The molecule has 0 radical (unpaired) electrons. The van der Waals surface area contributed by atoms with Crippen LogP contribution >= 0.6 is 11.3 Å². The Labute approximate surface area is 205 Å². The van der Waals surface area contributed by atoms with E-state index in [4.69, 9.17) is 5.11 Å². The molecule has 2 saturated heterocycles. The molecule has 0 aliphatic carbocycles. The summed E-state index contributed by atoms with van der Waals surface area (Å²) in [7, 11) is 0. The molecule has 12 heteroatoms. The van der Waals surface area contributed by atoms with Gasteiger partial charge in [-0.3, -0.25) is 9.69 Å². The first-order valence-corrected chi connectivity index (χ1v) is 12.3. The highest BCUT2D eigenvalue weighted by Crippen LogP contribution is 2.38. The molecule has 1 aromatic heterocycles. The number of nitrogens with zero attached hydrogens (tertiary/aromatic N) is 4. The molecule has 3 heterocycles. The number of carbonyl (C=O) groups is 2. The molecule has 35 heavy (non-hydrogen) atoms. The Morgan fingerprint density at radius 2 is 1.83 bits per heavy atom. The normalized spacial score (nSPS) is 18.9. The lowest BCUT2D eigenvalue weighted by Crippen LogP contribution is -2.54. The van der Waals surface area contributed by atoms with Crippen LogP contribution in [0.2, 0.25) is 0 Å². The number of anilines is 1. The minimum Gasteiger partial charge on any atom is -0.465 e. The van der Waals surface area contributed by atoms with E-state index in [1.807, 2.05) is 5.38 Å². The predicted octanol–water partition coefficient (Wildman–Crippen LogP) is 3.11. The summed E-state index contributed by atoms with van der Waals surface area (Å²) in [4.78, 5) is 34.5. The topological polar surface area (TPSA) is 89.0 Å². The van der Waals surface area contributed by atoms with Crippen LogP contribution in [0.3, 0.4) is 0 Å². The van der Waals surface area contributed by atoms with Crippen LogP contribution in [0.25, 0.3) is 0 Å². The van der Waals surface area contributed by atoms with E-state index in [0.717, 1.165) is 43.4 Å². The fraction of sp³-hybridized carbons (Fsp3) is 0.522. The maximum absolute atomic E-state index is 13.3. The molecule has 0 unspecified atom stereocenters. The van der Waals surface area contributed by atoms with Crippen molar-refractivity contribution in [3.05, 3.63) is 47.0 Å². The van der Waals surface area contributed by atoms with Crippen LogP contribution in [0, 0.1) is 0 Å². The molecular weight excluding hydrogens is 483 g/mol. The van der Waals surface area contributed by atoms with Crippen LogP contribution in [-0.4, -0.2) is 84.2 Å². The van der Waals surface area contributed by atoms with Crippen LogP contribution in [0.4, 0.5) is 23.1 Å². The Morgan fingerprint density at radius 3 is 2.43 bits per heavy atom. The van der Waals surface area contributed by atoms with Gasteiger partial charge in [0.1, 0.15) is 0 Å². The largest absolute Gasteiger partial charge is 0.465 e. The van der Waals surface area contributed by atoms with Crippen molar-refractivity contribution in [1.29, 1.82) is 0 Å². The molecule has 2 amide bonds. The van der Waals surface area contributed by atoms with Gasteiger partial charge in [-0.05, 0) is 24.5 Å². The van der Waals surface area contributed by atoms with E-state index in [1.54, 1.807) is 28.5 Å². The first kappa shape index (κ1) is 25.2. The lowest BCUT2D eigenvalue weighted by atomic mass is 9.72. The summed E-state index contributed by atoms with van der Waals surface area (Å²) >= 11 is 1.59. The number of thiazole rings is 1. The lowest BCUT2D eigenvalue weighted by molar-refractivity contribution is -0.137. The number of hydrogen-bond acceptors (Lipinski definition) is 6. The predicted molar refractivity (Wildman–Crippen MR) is 126 cm³/mol. The zero-order chi connectivity index (χ0) is 25.1. The quantitative estimate of drug-likeness (QED) is 0.620. The number of piperidine rings is 1. The molecule has 4 rings (SSSR count). The summed E-state index contributed by atoms with van der Waals surface area (Å²) in [6, 6.07) is 5.07. The van der Waals surface area contributed by atoms with E-state index in [2.05, 4.69) is 20.1 Å². The Hall–Kier alpha value is -2.86. The average molecular weight is 512 g/mol. The number of piperazine rings is 1. The van der Waals surface area contributed by atoms with Crippen molar-refractivity contribution in [1.82, 2.24) is 20.1 Å². The van der Waals surface area contributed by atoms with Gasteiger partial charge in [-0.25, -0.2) is 9.78 Å². The number of hydrogen-bond donors (Lipinski definition) is 2. The van der Waals surface area contributed by atoms with Gasteiger partial charge in [-0.15, -0.1) is 11.3 Å². The van der Waals surface area contributed by atoms with E-state index < -0.39 is 23.2 Å². The van der Waals surface area contributed by atoms with Gasteiger partial charge in [0.2, 0.25) is 5.91 Å². The molecule has 2 aliphatic heterocycles. The number of rotatable bonds is 6. The van der Waals surface area contributed by atoms with Gasteiger partial charge >= 0.3 is 12.3 Å². The van der Waals surface area contributed by atoms with Crippen LogP contribution in [-0.2, 0) is 16.4 Å². The fourth-order valence-corrected chi connectivity index (χ4v) is 5.48. The first-order chi connectivity index (χ1) is 16.7. The molecule has 2 fully saturated rings. The Kier molecular flexibility index (Phi) is 7.50. The number of carbonyl (C=O) groups excluding carboxylic acids is 1. The highest BCUT2D eigenvalue weighted by molar-refractivity contribution is 7.13. The molecule has 8 nitrogen and oxygen atoms in total. The molecular formula is C23H28F3N5O3S. The van der Waals surface area contributed by atoms with Crippen molar-refractivity contribution in [3.63, 3.8) is 0 Å². The van der Waals surface area contributed by atoms with Gasteiger partial charge in [-0.2, -0.15) is 13.2 Å². The molecule has 2 aliphatic rings. The van der Waals surface area contributed by atoms with Crippen LogP contribution in [0.5, 0.6) is 0 Å². The number of amides is 2. The van der Waals surface area contributed by atoms with Crippen molar-refractivity contribution in [2.45, 2.75) is 24.4 Å². The maximum atomic E-state index is 13.3. The van der Waals surface area contributed by atoms with E-state index in [9.17, 15) is 22.8 Å². The van der Waals surface area contributed by atoms with E-state index in [-0.39, 0.29) is 19.0 Å². The van der Waals surface area contributed by atoms with E-state index in [1.165, 1.54) is 6.07 Å². The third-order valence-corrected chi connectivity index (χ3v) is 7.71. The van der Waals surface area contributed by atoms with Gasteiger partial charge in [-0.1, -0.05) is 18.2 Å². The third kappa shape index (κ3) is 6.04. The van der Waals surface area contributed by atoms with Crippen LogP contribution in [0.15, 0.2) is 35.8 Å². The van der Waals surface area contributed by atoms with Crippen molar-refractivity contribution >= 4 is 28.5 Å². The zero-order valence-electron chi connectivity index (χ0n) is 19.1. The second kappa shape index (κ2) is 10.4. The van der Waals surface area contributed by atoms with Gasteiger partial charge in [0.25, 0.3) is 0 Å². The maximum Gasteiger partial charge on any atom is 0.416 e. The third-order valence-electron chi connectivity index (χ3n) is 6.87. The van der Waals surface area contributed by atoms with Crippen molar-refractivity contribution in [3.8, 4) is 0 Å². The molecule has 0 bridgehead atoms. The number of nitrogens with one attached hydrogen (secondary N) is 1. The van der Waals surface area contributed by atoms with Crippen molar-refractivity contribution < 1.29 is 27.9 Å². The summed E-state index contributed by atoms with van der Waals surface area (Å²) in [5.41, 5.74) is -1.14. The Morgan fingerprint density at radius 1 is 1.11 bits per heavy atom. The standard InChI is InChI=1S/C23H28F3N5O3S/c24-23(25,26)18-3-1-2-17(14-18)22(16-28-21(33)34)4-7-30(8-5-22)19(32)15-29-9-11-31(12-10-29)20-27-6-13-35-20/h1-3,6,13-14,28H,4-5,7-12,15-16H2,(H,33,34). The SMILES string of the molecule is O=C(O)NCC1(c2cccc(C(F)(F)F)c2)CCN(C(=O)CN2CCN(c3nccs3)CC2)CC1. The molecule has 2 N–H and O–H groups in total. The fourth-order valence-electron chi connectivity index (χ4n) is 4.78. The molecule has 190 valence electrons. The highest BCUT2D eigenvalue weighted by atomic mass is 32.1. The molecule has 2 aromatic rings. The number of aromatic nitrogens is 1. The van der Waals surface area contributed by atoms with E-state index >= 15 is 0 Å². The van der Waals surface area contributed by atoms with Gasteiger partial charge in [0.15, 0.2) is 5.13 Å². The highest BCUT2D eigenvalue weighted by Gasteiger charge is 2.40. The Balaban J connectivity index is 1.37. The molecule has 0 spiro atoms. The second-order valence-electron chi connectivity index (χ2n) is 8.98. The number of alkyl halides is 3. The van der Waals surface area contributed by atoms with Crippen molar-refractivity contribution in [2.75, 3.05) is 57.3 Å². The van der Waals surface area contributed by atoms with Gasteiger partial charge < -0.3 is 20.2 Å². The monoisotopic (exact) mass is 511 g/mol. The zero-order valence-corrected chi connectivity index (χ0v) is 19.9. The Bertz CT molecular complexity index is 1020. The second-order valence-corrected chi connectivity index (χ2v) is 9.85. The number of benzene rings is 1. The molecule has 0 saturated carbocycles. The first-order valence-electron chi connectivity index (χ1n) is 11.5. The number of halogens is 3. The summed E-state index contributed by atoms with van der Waals surface area (Å²) in [5, 5.41) is 14.4. The smallest absolute Gasteiger partial charge is 0.416 e. The van der Waals surface area contributed by atoms with Crippen LogP contribution < -0.4 is 10.2 Å². The van der Waals surface area contributed by atoms with Crippen molar-refractivity contribution in [2.24, 2.45) is 0 Å². The average Bonchev–Trinajstić information content (AvgIpc) is 3.38. The molecule has 1 aromatic carbocycles. The summed E-state index contributed by atoms with van der Waals surface area (Å²) in [5.74, 6) is -0.0171.